The lowest BCUT2D eigenvalue weighted by Gasteiger charge is -2.08. The van der Waals surface area contributed by atoms with Crippen LogP contribution in [0.25, 0.3) is 0 Å². The minimum absolute atomic E-state index is 0.00947. The van der Waals surface area contributed by atoms with Gasteiger partial charge in [-0.25, -0.2) is 8.78 Å². The van der Waals surface area contributed by atoms with Gasteiger partial charge in [-0.05, 0) is 24.3 Å². The molecule has 2 aromatic carbocycles. The molecule has 5 heteroatoms. The molecule has 0 saturated heterocycles. The summed E-state index contributed by atoms with van der Waals surface area (Å²) in [6.45, 7) is -0.00947. The maximum Gasteiger partial charge on any atom is 0.144 e. The second kappa shape index (κ2) is 5.81. The van der Waals surface area contributed by atoms with Gasteiger partial charge >= 0.3 is 0 Å². The van der Waals surface area contributed by atoms with Gasteiger partial charge in [0.2, 0.25) is 0 Å². The zero-order valence-corrected chi connectivity index (χ0v) is 11.2. The van der Waals surface area contributed by atoms with Crippen LogP contribution in [0.3, 0.4) is 0 Å². The average molecular weight is 324 g/mol. The van der Waals surface area contributed by atoms with Gasteiger partial charge in [-0.15, -0.1) is 0 Å². The van der Waals surface area contributed by atoms with Crippen molar-refractivity contribution >= 4 is 15.9 Å². The summed E-state index contributed by atoms with van der Waals surface area (Å²) in [7, 11) is 0. The average Bonchev–Trinajstić information content (AvgIpc) is 2.38. The Labute approximate surface area is 117 Å². The second-order valence-corrected chi connectivity index (χ2v) is 4.69. The van der Waals surface area contributed by atoms with E-state index in [-0.39, 0.29) is 17.9 Å². The van der Waals surface area contributed by atoms with Crippen LogP contribution < -0.4 is 4.74 Å². The molecule has 0 radical (unpaired) electrons. The van der Waals surface area contributed by atoms with Gasteiger partial charge in [0.15, 0.2) is 0 Å². The molecular formula is C14H8BrF2NO. The number of benzene rings is 2. The van der Waals surface area contributed by atoms with Crippen molar-refractivity contribution in [3.63, 3.8) is 0 Å². The molecule has 0 aliphatic carbocycles. The number of rotatable bonds is 3. The quantitative estimate of drug-likeness (QED) is 0.849. The van der Waals surface area contributed by atoms with E-state index in [2.05, 4.69) is 15.9 Å². The van der Waals surface area contributed by atoms with Crippen molar-refractivity contribution in [1.82, 2.24) is 0 Å². The molecule has 0 saturated carbocycles. The van der Waals surface area contributed by atoms with Crippen molar-refractivity contribution < 1.29 is 13.5 Å². The topological polar surface area (TPSA) is 33.0 Å². The van der Waals surface area contributed by atoms with E-state index in [1.807, 2.05) is 0 Å². The lowest BCUT2D eigenvalue weighted by molar-refractivity contribution is 0.298. The van der Waals surface area contributed by atoms with Crippen LogP contribution >= 0.6 is 15.9 Å². The van der Waals surface area contributed by atoms with Crippen molar-refractivity contribution in [2.75, 3.05) is 0 Å². The zero-order chi connectivity index (χ0) is 13.8. The van der Waals surface area contributed by atoms with E-state index in [0.29, 0.717) is 10.0 Å². The highest BCUT2D eigenvalue weighted by Crippen LogP contribution is 2.20. The summed E-state index contributed by atoms with van der Waals surface area (Å²) in [5, 5.41) is 8.59. The number of hydrogen-bond donors (Lipinski definition) is 0. The molecule has 0 spiro atoms. The molecule has 0 bridgehead atoms. The Bertz CT molecular complexity index is 652. The van der Waals surface area contributed by atoms with Crippen molar-refractivity contribution in [2.45, 2.75) is 6.61 Å². The molecule has 0 fully saturated rings. The number of hydrogen-bond acceptors (Lipinski definition) is 2. The smallest absolute Gasteiger partial charge is 0.144 e. The molecule has 0 N–H and O–H groups in total. The number of halogens is 3. The first-order valence-corrected chi connectivity index (χ1v) is 6.16. The highest BCUT2D eigenvalue weighted by atomic mass is 79.9. The maximum atomic E-state index is 13.5. The minimum Gasteiger partial charge on any atom is -0.489 e. The molecule has 96 valence electrons. The van der Waals surface area contributed by atoms with E-state index in [4.69, 9.17) is 10.00 Å². The Morgan fingerprint density at radius 3 is 2.53 bits per heavy atom. The number of ether oxygens (including phenoxy) is 1. The molecule has 2 nitrogen and oxygen atoms in total. The highest BCUT2D eigenvalue weighted by molar-refractivity contribution is 9.10. The van der Waals surface area contributed by atoms with Gasteiger partial charge in [-0.1, -0.05) is 22.0 Å². The predicted octanol–water partition coefficient (Wildman–Crippen LogP) is 4.18. The molecule has 0 aliphatic rings. The first-order chi connectivity index (χ1) is 9.10. The maximum absolute atomic E-state index is 13.5. The number of nitrogens with zero attached hydrogens (tertiary/aromatic N) is 1. The van der Waals surface area contributed by atoms with Gasteiger partial charge in [0.25, 0.3) is 0 Å². The van der Waals surface area contributed by atoms with E-state index in [1.54, 1.807) is 18.2 Å². The van der Waals surface area contributed by atoms with Crippen LogP contribution in [0, 0.1) is 23.0 Å². The second-order valence-electron chi connectivity index (χ2n) is 3.78. The summed E-state index contributed by atoms with van der Waals surface area (Å²) in [4.78, 5) is 0. The van der Waals surface area contributed by atoms with Crippen LogP contribution in [0.1, 0.15) is 11.1 Å². The van der Waals surface area contributed by atoms with Gasteiger partial charge < -0.3 is 4.74 Å². The molecule has 2 aromatic rings. The Morgan fingerprint density at radius 2 is 1.89 bits per heavy atom. The fraction of sp³-hybridized carbons (Fsp3) is 0.0714. The summed E-state index contributed by atoms with van der Waals surface area (Å²) in [6, 6.07) is 10.2. The van der Waals surface area contributed by atoms with E-state index in [9.17, 15) is 8.78 Å². The molecule has 0 atom stereocenters. The first-order valence-electron chi connectivity index (χ1n) is 5.36. The first kappa shape index (κ1) is 13.5. The molecular weight excluding hydrogens is 316 g/mol. The summed E-state index contributed by atoms with van der Waals surface area (Å²) >= 11 is 3.16. The Balaban J connectivity index is 2.10. The third kappa shape index (κ3) is 3.30. The minimum atomic E-state index is -0.656. The van der Waals surface area contributed by atoms with E-state index in [1.165, 1.54) is 18.2 Å². The van der Waals surface area contributed by atoms with E-state index in [0.717, 1.165) is 6.07 Å². The van der Waals surface area contributed by atoms with Gasteiger partial charge in [-0.2, -0.15) is 5.26 Å². The fourth-order valence-corrected chi connectivity index (χ4v) is 1.81. The van der Waals surface area contributed by atoms with E-state index >= 15 is 0 Å². The summed E-state index contributed by atoms with van der Waals surface area (Å²) < 4.78 is 32.8. The largest absolute Gasteiger partial charge is 0.489 e. The van der Waals surface area contributed by atoms with Gasteiger partial charge in [0, 0.05) is 16.1 Å². The van der Waals surface area contributed by atoms with Crippen LogP contribution in [0.5, 0.6) is 5.75 Å². The molecule has 0 heterocycles. The van der Waals surface area contributed by atoms with Crippen LogP contribution in [0.4, 0.5) is 8.78 Å². The lowest BCUT2D eigenvalue weighted by atomic mass is 10.2. The van der Waals surface area contributed by atoms with Crippen LogP contribution in [0.15, 0.2) is 40.9 Å². The van der Waals surface area contributed by atoms with Gasteiger partial charge in [0.1, 0.15) is 30.1 Å². The van der Waals surface area contributed by atoms with Gasteiger partial charge in [0.05, 0.1) is 5.56 Å². The Hall–Kier alpha value is -1.93. The third-order valence-electron chi connectivity index (χ3n) is 2.47. The SMILES string of the molecule is N#Cc1ccc(OCc2ccc(Br)cc2F)cc1F. The van der Waals surface area contributed by atoms with E-state index < -0.39 is 11.6 Å². The molecule has 0 amide bonds. The molecule has 19 heavy (non-hydrogen) atoms. The Kier molecular flexibility index (Phi) is 4.13. The normalized spacial score (nSPS) is 10.0. The molecule has 0 unspecified atom stereocenters. The molecule has 2 rings (SSSR count). The third-order valence-corrected chi connectivity index (χ3v) is 2.96. The molecule has 0 aromatic heterocycles. The van der Waals surface area contributed by atoms with Crippen molar-refractivity contribution in [1.29, 1.82) is 5.26 Å². The van der Waals surface area contributed by atoms with Crippen LogP contribution in [-0.2, 0) is 6.61 Å². The fourth-order valence-electron chi connectivity index (χ4n) is 1.48. The standard InChI is InChI=1S/C14H8BrF2NO/c15-11-3-1-10(13(16)5-11)8-19-12-4-2-9(7-18)14(17)6-12/h1-6H,8H2. The number of nitriles is 1. The lowest BCUT2D eigenvalue weighted by Crippen LogP contribution is -1.99. The Morgan fingerprint density at radius 1 is 1.11 bits per heavy atom. The van der Waals surface area contributed by atoms with Gasteiger partial charge in [-0.3, -0.25) is 0 Å². The monoisotopic (exact) mass is 323 g/mol. The predicted molar refractivity (Wildman–Crippen MR) is 69.5 cm³/mol. The summed E-state index contributed by atoms with van der Waals surface area (Å²) in [5.41, 5.74) is 0.315. The summed E-state index contributed by atoms with van der Waals surface area (Å²) in [5.74, 6) is -0.807. The van der Waals surface area contributed by atoms with Crippen molar-refractivity contribution in [3.8, 4) is 11.8 Å². The van der Waals surface area contributed by atoms with Crippen molar-refractivity contribution in [2.24, 2.45) is 0 Å². The van der Waals surface area contributed by atoms with Crippen molar-refractivity contribution in [3.05, 3.63) is 63.6 Å². The highest BCUT2D eigenvalue weighted by Gasteiger charge is 2.06. The van der Waals surface area contributed by atoms with Crippen LogP contribution in [0.2, 0.25) is 0 Å². The zero-order valence-electron chi connectivity index (χ0n) is 9.66. The molecule has 0 aliphatic heterocycles. The summed E-state index contributed by atoms with van der Waals surface area (Å²) in [6.07, 6.45) is 0. The van der Waals surface area contributed by atoms with Crippen LogP contribution in [-0.4, -0.2) is 0 Å².